The Morgan fingerprint density at radius 2 is 1.77 bits per heavy atom. The molecule has 1 saturated heterocycles. The lowest BCUT2D eigenvalue weighted by Crippen LogP contribution is -2.57. The van der Waals surface area contributed by atoms with E-state index in [1.165, 1.54) is 12.1 Å². The standard InChI is InChI=1S/C25H32BrClF2N4O2/c1-5-20-10-22(11-21(6-2)33(20)25(34)35-15(3)4)32(24-30-12-18(26)13-31-24)14-16-7-17(23(28)29)9-19(27)8-16/h7-9,12-13,15,20-23H,5-6,10-11,14H2,1-4H3/t20-,21+,22?. The zero-order valence-corrected chi connectivity index (χ0v) is 22.8. The molecule has 2 heterocycles. The number of hydrogen-bond acceptors (Lipinski definition) is 5. The van der Waals surface area contributed by atoms with E-state index in [2.05, 4.69) is 39.7 Å². The van der Waals surface area contributed by atoms with Gasteiger partial charge in [0.25, 0.3) is 6.43 Å². The Labute approximate surface area is 219 Å². The maximum atomic E-state index is 13.4. The van der Waals surface area contributed by atoms with Crippen molar-refractivity contribution >= 4 is 39.6 Å². The number of carbonyl (C=O) groups excluding carboxylic acids is 1. The van der Waals surface area contributed by atoms with Gasteiger partial charge in [0.2, 0.25) is 5.95 Å². The fourth-order valence-electron chi connectivity index (χ4n) is 4.70. The van der Waals surface area contributed by atoms with E-state index in [9.17, 15) is 13.6 Å². The van der Waals surface area contributed by atoms with Crippen molar-refractivity contribution in [2.24, 2.45) is 0 Å². The number of amides is 1. The highest BCUT2D eigenvalue weighted by molar-refractivity contribution is 9.10. The molecule has 1 aliphatic heterocycles. The highest BCUT2D eigenvalue weighted by Gasteiger charge is 2.40. The second-order valence-electron chi connectivity index (χ2n) is 9.11. The number of carbonyl (C=O) groups is 1. The van der Waals surface area contributed by atoms with Gasteiger partial charge in [0.1, 0.15) is 0 Å². The average Bonchev–Trinajstić information content (AvgIpc) is 2.81. The molecule has 1 aromatic carbocycles. The Morgan fingerprint density at radius 3 is 2.29 bits per heavy atom. The molecule has 1 fully saturated rings. The van der Waals surface area contributed by atoms with E-state index in [1.54, 1.807) is 18.5 Å². The number of halogens is 4. The zero-order valence-electron chi connectivity index (χ0n) is 20.4. The van der Waals surface area contributed by atoms with Crippen LogP contribution in [0.3, 0.4) is 0 Å². The minimum atomic E-state index is -2.62. The molecule has 10 heteroatoms. The van der Waals surface area contributed by atoms with Gasteiger partial charge < -0.3 is 14.5 Å². The quantitative estimate of drug-likeness (QED) is 0.329. The van der Waals surface area contributed by atoms with Crippen molar-refractivity contribution in [1.29, 1.82) is 0 Å². The number of nitrogens with zero attached hydrogens (tertiary/aromatic N) is 4. The topological polar surface area (TPSA) is 58.6 Å². The summed E-state index contributed by atoms with van der Waals surface area (Å²) in [5, 5.41) is 0.263. The van der Waals surface area contributed by atoms with Gasteiger partial charge in [-0.15, -0.1) is 0 Å². The molecule has 1 unspecified atom stereocenters. The second kappa shape index (κ2) is 12.3. The number of alkyl halides is 2. The predicted octanol–water partition coefficient (Wildman–Crippen LogP) is 7.40. The van der Waals surface area contributed by atoms with Crippen molar-refractivity contribution in [3.63, 3.8) is 0 Å². The Hall–Kier alpha value is -2.00. The number of likely N-dealkylation sites (tertiary alicyclic amines) is 1. The van der Waals surface area contributed by atoms with Crippen LogP contribution >= 0.6 is 27.5 Å². The van der Waals surface area contributed by atoms with E-state index in [1.807, 2.05) is 23.6 Å². The van der Waals surface area contributed by atoms with E-state index in [0.717, 1.165) is 17.3 Å². The third-order valence-electron chi connectivity index (χ3n) is 6.25. The van der Waals surface area contributed by atoms with Crippen LogP contribution in [0.4, 0.5) is 19.5 Å². The van der Waals surface area contributed by atoms with Gasteiger partial charge in [-0.1, -0.05) is 25.4 Å². The van der Waals surface area contributed by atoms with Crippen LogP contribution in [-0.2, 0) is 11.3 Å². The normalized spacial score (nSPS) is 20.4. The summed E-state index contributed by atoms with van der Waals surface area (Å²) in [6.45, 7) is 8.12. The van der Waals surface area contributed by atoms with E-state index < -0.39 is 6.43 Å². The molecule has 192 valence electrons. The molecule has 0 N–H and O–H groups in total. The fraction of sp³-hybridized carbons (Fsp3) is 0.560. The molecule has 0 spiro atoms. The number of anilines is 1. The van der Waals surface area contributed by atoms with Crippen LogP contribution in [0.1, 0.15) is 70.9 Å². The molecule has 0 bridgehead atoms. The van der Waals surface area contributed by atoms with Crippen molar-refractivity contribution in [3.8, 4) is 0 Å². The zero-order chi connectivity index (χ0) is 25.7. The lowest BCUT2D eigenvalue weighted by molar-refractivity contribution is 0.0228. The first-order valence-electron chi connectivity index (χ1n) is 11.9. The van der Waals surface area contributed by atoms with Crippen LogP contribution in [0, 0.1) is 0 Å². The molecule has 0 radical (unpaired) electrons. The molecule has 3 atom stereocenters. The van der Waals surface area contributed by atoms with Gasteiger partial charge in [0.15, 0.2) is 0 Å². The molecule has 6 nitrogen and oxygen atoms in total. The van der Waals surface area contributed by atoms with Crippen LogP contribution in [0.5, 0.6) is 0 Å². The van der Waals surface area contributed by atoms with Crippen molar-refractivity contribution in [2.75, 3.05) is 4.90 Å². The summed E-state index contributed by atoms with van der Waals surface area (Å²) in [5.41, 5.74) is 0.537. The number of aromatic nitrogens is 2. The van der Waals surface area contributed by atoms with Gasteiger partial charge in [-0.2, -0.15) is 0 Å². The third-order valence-corrected chi connectivity index (χ3v) is 6.88. The Bertz CT molecular complexity index is 982. The van der Waals surface area contributed by atoms with Gasteiger partial charge in [-0.05, 0) is 79.2 Å². The third kappa shape index (κ3) is 7.03. The lowest BCUT2D eigenvalue weighted by Gasteiger charge is -2.47. The largest absolute Gasteiger partial charge is 0.447 e. The van der Waals surface area contributed by atoms with Crippen LogP contribution in [0.15, 0.2) is 35.1 Å². The highest BCUT2D eigenvalue weighted by Crippen LogP contribution is 2.34. The number of ether oxygens (including phenoxy) is 1. The van der Waals surface area contributed by atoms with Gasteiger partial charge >= 0.3 is 6.09 Å². The second-order valence-corrected chi connectivity index (χ2v) is 10.5. The molecular weight excluding hydrogens is 542 g/mol. The summed E-state index contributed by atoms with van der Waals surface area (Å²) >= 11 is 9.54. The first-order valence-corrected chi connectivity index (χ1v) is 13.1. The SMILES string of the molecule is CC[C@@H]1CC(N(Cc2cc(Cl)cc(C(F)F)c2)c2ncc(Br)cn2)C[C@H](CC)N1C(=O)OC(C)C. The highest BCUT2D eigenvalue weighted by atomic mass is 79.9. The van der Waals surface area contributed by atoms with Crippen LogP contribution in [0.2, 0.25) is 5.02 Å². The number of benzene rings is 1. The van der Waals surface area contributed by atoms with E-state index in [0.29, 0.717) is 30.9 Å². The lowest BCUT2D eigenvalue weighted by atomic mass is 9.87. The number of piperidine rings is 1. The van der Waals surface area contributed by atoms with Gasteiger partial charge in [-0.25, -0.2) is 23.5 Å². The van der Waals surface area contributed by atoms with Gasteiger partial charge in [0.05, 0.1) is 10.6 Å². The van der Waals surface area contributed by atoms with Gasteiger partial charge in [-0.3, -0.25) is 0 Å². The number of hydrogen-bond donors (Lipinski definition) is 0. The summed E-state index contributed by atoms with van der Waals surface area (Å²) < 4.78 is 33.2. The fourth-order valence-corrected chi connectivity index (χ4v) is 5.17. The summed E-state index contributed by atoms with van der Waals surface area (Å²) in [7, 11) is 0. The summed E-state index contributed by atoms with van der Waals surface area (Å²) in [6.07, 6.45) is 3.13. The molecule has 35 heavy (non-hydrogen) atoms. The van der Waals surface area contributed by atoms with Crippen molar-refractivity contribution in [1.82, 2.24) is 14.9 Å². The molecule has 1 amide bonds. The van der Waals surface area contributed by atoms with E-state index >= 15 is 0 Å². The smallest absolute Gasteiger partial charge is 0.410 e. The van der Waals surface area contributed by atoms with E-state index in [-0.39, 0.29) is 40.9 Å². The molecule has 0 aliphatic carbocycles. The van der Waals surface area contributed by atoms with Crippen LogP contribution in [0.25, 0.3) is 0 Å². The molecule has 0 saturated carbocycles. The first-order chi connectivity index (χ1) is 16.6. The molecule has 2 aromatic rings. The first kappa shape index (κ1) is 27.6. The Morgan fingerprint density at radius 1 is 1.17 bits per heavy atom. The van der Waals surface area contributed by atoms with Crippen LogP contribution < -0.4 is 4.90 Å². The Kier molecular flexibility index (Phi) is 9.69. The van der Waals surface area contributed by atoms with E-state index in [4.69, 9.17) is 16.3 Å². The van der Waals surface area contributed by atoms with Gasteiger partial charge in [0, 0.05) is 47.7 Å². The van der Waals surface area contributed by atoms with Crippen molar-refractivity contribution < 1.29 is 18.3 Å². The molecule has 1 aromatic heterocycles. The molecule has 1 aliphatic rings. The molecule has 3 rings (SSSR count). The van der Waals surface area contributed by atoms with Crippen molar-refractivity contribution in [3.05, 3.63) is 51.2 Å². The minimum absolute atomic E-state index is 0.0110. The minimum Gasteiger partial charge on any atom is -0.447 e. The number of rotatable bonds is 8. The van der Waals surface area contributed by atoms with Crippen molar-refractivity contribution in [2.45, 2.75) is 90.6 Å². The Balaban J connectivity index is 1.96. The maximum absolute atomic E-state index is 13.4. The maximum Gasteiger partial charge on any atom is 0.410 e. The summed E-state index contributed by atoms with van der Waals surface area (Å²) in [5.74, 6) is 0.500. The summed E-state index contributed by atoms with van der Waals surface area (Å²) in [6, 6.07) is 4.39. The molecular formula is C25H32BrClF2N4O2. The predicted molar refractivity (Wildman–Crippen MR) is 137 cm³/mol. The average molecular weight is 574 g/mol. The van der Waals surface area contributed by atoms with Crippen LogP contribution in [-0.4, -0.2) is 45.2 Å². The summed E-state index contributed by atoms with van der Waals surface area (Å²) in [4.78, 5) is 25.9. The monoisotopic (exact) mass is 572 g/mol.